The maximum absolute atomic E-state index is 12.5. The third-order valence-corrected chi connectivity index (χ3v) is 4.16. The third-order valence-electron chi connectivity index (χ3n) is 4.16. The van der Waals surface area contributed by atoms with Crippen LogP contribution in [0.25, 0.3) is 0 Å². The van der Waals surface area contributed by atoms with E-state index in [-0.39, 0.29) is 30.4 Å². The molecule has 8 heteroatoms. The molecule has 1 aliphatic heterocycles. The van der Waals surface area contributed by atoms with Crippen LogP contribution in [0.1, 0.15) is 29.8 Å². The highest BCUT2D eigenvalue weighted by atomic mass is 16.5. The van der Waals surface area contributed by atoms with Crippen molar-refractivity contribution in [1.82, 2.24) is 20.4 Å². The van der Waals surface area contributed by atoms with Crippen molar-refractivity contribution < 1.29 is 19.1 Å². The summed E-state index contributed by atoms with van der Waals surface area (Å²) in [6, 6.07) is 6.83. The van der Waals surface area contributed by atoms with Gasteiger partial charge in [0.15, 0.2) is 0 Å². The second-order valence-electron chi connectivity index (χ2n) is 6.83. The van der Waals surface area contributed by atoms with Gasteiger partial charge in [0.05, 0.1) is 19.8 Å². The zero-order chi connectivity index (χ0) is 19.8. The number of rotatable bonds is 6. The summed E-state index contributed by atoms with van der Waals surface area (Å²) in [5.41, 5.74) is 1.39. The molecule has 0 aromatic heterocycles. The van der Waals surface area contributed by atoms with Crippen molar-refractivity contribution in [3.8, 4) is 0 Å². The lowest BCUT2D eigenvalue weighted by Gasteiger charge is -2.28. The van der Waals surface area contributed by atoms with Gasteiger partial charge in [-0.3, -0.25) is 9.59 Å². The number of carbonyl (C=O) groups is 3. The van der Waals surface area contributed by atoms with Crippen molar-refractivity contribution in [1.29, 1.82) is 0 Å². The second-order valence-corrected chi connectivity index (χ2v) is 6.83. The summed E-state index contributed by atoms with van der Waals surface area (Å²) >= 11 is 0. The molecule has 1 saturated heterocycles. The average molecular weight is 376 g/mol. The summed E-state index contributed by atoms with van der Waals surface area (Å²) in [6.45, 7) is 6.39. The third kappa shape index (κ3) is 6.56. The smallest absolute Gasteiger partial charge is 0.315 e. The molecule has 1 heterocycles. The fraction of sp³-hybridized carbons (Fsp3) is 0.526. The maximum Gasteiger partial charge on any atom is 0.315 e. The van der Waals surface area contributed by atoms with Crippen molar-refractivity contribution in [2.24, 2.45) is 0 Å². The van der Waals surface area contributed by atoms with Crippen LogP contribution in [0.5, 0.6) is 0 Å². The molecular weight excluding hydrogens is 348 g/mol. The van der Waals surface area contributed by atoms with E-state index in [0.29, 0.717) is 38.4 Å². The van der Waals surface area contributed by atoms with Crippen molar-refractivity contribution >= 4 is 17.8 Å². The highest BCUT2D eigenvalue weighted by Gasteiger charge is 2.21. The summed E-state index contributed by atoms with van der Waals surface area (Å²) < 4.78 is 5.23. The van der Waals surface area contributed by atoms with E-state index in [2.05, 4.69) is 10.6 Å². The molecule has 1 fully saturated rings. The molecule has 0 saturated carbocycles. The van der Waals surface area contributed by atoms with Crippen LogP contribution in [0.15, 0.2) is 24.3 Å². The number of benzene rings is 1. The number of likely N-dealkylation sites (N-methyl/N-ethyl adjacent to an activating group) is 1. The lowest BCUT2D eigenvalue weighted by molar-refractivity contribution is -0.135. The van der Waals surface area contributed by atoms with E-state index in [4.69, 9.17) is 4.74 Å². The van der Waals surface area contributed by atoms with E-state index in [1.54, 1.807) is 36.2 Å². The van der Waals surface area contributed by atoms with Gasteiger partial charge in [0.25, 0.3) is 5.91 Å². The van der Waals surface area contributed by atoms with Crippen LogP contribution < -0.4 is 10.6 Å². The lowest BCUT2D eigenvalue weighted by atomic mass is 10.1. The fourth-order valence-electron chi connectivity index (χ4n) is 2.67. The summed E-state index contributed by atoms with van der Waals surface area (Å²) in [5.74, 6) is -0.292. The standard InChI is InChI=1S/C19H28N4O4/c1-14(2)21-19(26)20-12-15-4-6-16(7-5-15)18(25)22(3)13-17(24)23-8-10-27-11-9-23/h4-7,14H,8-13H2,1-3H3,(H2,20,21,26). The molecule has 0 aliphatic carbocycles. The van der Waals surface area contributed by atoms with E-state index in [9.17, 15) is 14.4 Å². The Morgan fingerprint density at radius 2 is 1.78 bits per heavy atom. The van der Waals surface area contributed by atoms with Gasteiger partial charge in [0.1, 0.15) is 0 Å². The first-order valence-corrected chi connectivity index (χ1v) is 9.11. The summed E-state index contributed by atoms with van der Waals surface area (Å²) in [5, 5.41) is 5.51. The Balaban J connectivity index is 1.84. The Hall–Kier alpha value is -2.61. The van der Waals surface area contributed by atoms with Gasteiger partial charge in [0.2, 0.25) is 5.91 Å². The zero-order valence-corrected chi connectivity index (χ0v) is 16.2. The number of ether oxygens (including phenoxy) is 1. The molecule has 148 valence electrons. The van der Waals surface area contributed by atoms with Gasteiger partial charge in [-0.2, -0.15) is 0 Å². The predicted octanol–water partition coefficient (Wildman–Crippen LogP) is 0.825. The number of urea groups is 1. The highest BCUT2D eigenvalue weighted by molar-refractivity contribution is 5.96. The topological polar surface area (TPSA) is 91.0 Å². The summed E-state index contributed by atoms with van der Waals surface area (Å²) in [6.07, 6.45) is 0. The van der Waals surface area contributed by atoms with Gasteiger partial charge >= 0.3 is 6.03 Å². The van der Waals surface area contributed by atoms with E-state index in [0.717, 1.165) is 5.56 Å². The Morgan fingerprint density at radius 3 is 2.37 bits per heavy atom. The van der Waals surface area contributed by atoms with E-state index >= 15 is 0 Å². The van der Waals surface area contributed by atoms with Crippen LogP contribution in [0.3, 0.4) is 0 Å². The first-order valence-electron chi connectivity index (χ1n) is 9.11. The first-order chi connectivity index (χ1) is 12.9. The second kappa shape index (κ2) is 9.91. The van der Waals surface area contributed by atoms with E-state index in [1.165, 1.54) is 4.90 Å². The number of hydrogen-bond acceptors (Lipinski definition) is 4. The van der Waals surface area contributed by atoms with Gasteiger partial charge in [-0.05, 0) is 31.5 Å². The molecule has 2 rings (SSSR count). The summed E-state index contributed by atoms with van der Waals surface area (Å²) in [7, 11) is 1.62. The number of nitrogens with zero attached hydrogens (tertiary/aromatic N) is 2. The Kier molecular flexibility index (Phi) is 7.60. The average Bonchev–Trinajstić information content (AvgIpc) is 2.66. The maximum atomic E-state index is 12.5. The van der Waals surface area contributed by atoms with E-state index in [1.807, 2.05) is 13.8 Å². The molecule has 4 amide bonds. The Morgan fingerprint density at radius 1 is 1.15 bits per heavy atom. The van der Waals surface area contributed by atoms with Crippen LogP contribution >= 0.6 is 0 Å². The lowest BCUT2D eigenvalue weighted by Crippen LogP contribution is -2.46. The molecule has 1 aliphatic rings. The Labute approximate surface area is 159 Å². The molecule has 0 atom stereocenters. The largest absolute Gasteiger partial charge is 0.378 e. The Bertz CT molecular complexity index is 654. The van der Waals surface area contributed by atoms with Crippen LogP contribution in [0.2, 0.25) is 0 Å². The minimum absolute atomic E-state index is 0.0392. The molecule has 0 radical (unpaired) electrons. The monoisotopic (exact) mass is 376 g/mol. The SMILES string of the molecule is CC(C)NC(=O)NCc1ccc(C(=O)N(C)CC(=O)N2CCOCC2)cc1. The van der Waals surface area contributed by atoms with Gasteiger partial charge in [0, 0.05) is 38.3 Å². The molecule has 0 unspecified atom stereocenters. The number of carbonyl (C=O) groups excluding carboxylic acids is 3. The molecule has 0 spiro atoms. The van der Waals surface area contributed by atoms with Gasteiger partial charge < -0.3 is 25.2 Å². The number of hydrogen-bond donors (Lipinski definition) is 2. The van der Waals surface area contributed by atoms with Gasteiger partial charge in [-0.15, -0.1) is 0 Å². The quantitative estimate of drug-likeness (QED) is 0.769. The predicted molar refractivity (Wildman–Crippen MR) is 101 cm³/mol. The normalized spacial score (nSPS) is 14.0. The van der Waals surface area contributed by atoms with Crippen LogP contribution in [-0.2, 0) is 16.1 Å². The molecule has 1 aromatic carbocycles. The van der Waals surface area contributed by atoms with Crippen LogP contribution in [0.4, 0.5) is 4.79 Å². The molecule has 27 heavy (non-hydrogen) atoms. The zero-order valence-electron chi connectivity index (χ0n) is 16.2. The number of amides is 4. The van der Waals surface area contributed by atoms with E-state index < -0.39 is 0 Å². The molecular formula is C19H28N4O4. The number of morpholine rings is 1. The number of nitrogens with one attached hydrogen (secondary N) is 2. The van der Waals surface area contributed by atoms with Crippen molar-refractivity contribution in [3.05, 3.63) is 35.4 Å². The molecule has 1 aromatic rings. The van der Waals surface area contributed by atoms with Crippen molar-refractivity contribution in [2.75, 3.05) is 39.9 Å². The van der Waals surface area contributed by atoms with Crippen LogP contribution in [0, 0.1) is 0 Å². The highest BCUT2D eigenvalue weighted by Crippen LogP contribution is 2.08. The first kappa shape index (κ1) is 20.7. The van der Waals surface area contributed by atoms with Crippen molar-refractivity contribution in [3.63, 3.8) is 0 Å². The van der Waals surface area contributed by atoms with Gasteiger partial charge in [-0.1, -0.05) is 12.1 Å². The molecule has 8 nitrogen and oxygen atoms in total. The molecule has 2 N–H and O–H groups in total. The van der Waals surface area contributed by atoms with Crippen molar-refractivity contribution in [2.45, 2.75) is 26.4 Å². The van der Waals surface area contributed by atoms with Crippen LogP contribution in [-0.4, -0.2) is 73.6 Å². The van der Waals surface area contributed by atoms with Gasteiger partial charge in [-0.25, -0.2) is 4.79 Å². The minimum Gasteiger partial charge on any atom is -0.378 e. The molecule has 0 bridgehead atoms. The fourth-order valence-corrected chi connectivity index (χ4v) is 2.67. The minimum atomic E-state index is -0.230. The summed E-state index contributed by atoms with van der Waals surface area (Å²) in [4.78, 5) is 39.5.